The number of aromatic nitrogens is 2. The molecule has 158 valence electrons. The summed E-state index contributed by atoms with van der Waals surface area (Å²) in [5, 5.41) is 9.55. The highest BCUT2D eigenvalue weighted by atomic mass is 32.1. The number of nitrogens with two attached hydrogens (primary N) is 1. The molecule has 1 atom stereocenters. The standard InChI is InChI=1S/C25H26N4OS/c1-16-6-7-18(13-26)9-23(16)25(30)28-17(2)19-10-20(22-14-27-29(3)15-22)12-21(11-19)24-5-4-8-31-24/h4-12,14-15,17H,13,26H2,1-3H3,(H,28,30)/t17-/m1/s1. The average Bonchev–Trinajstić information content (AvgIpc) is 3.46. The van der Waals surface area contributed by atoms with Crippen molar-refractivity contribution in [3.8, 4) is 21.6 Å². The van der Waals surface area contributed by atoms with E-state index in [9.17, 15) is 4.79 Å². The van der Waals surface area contributed by atoms with E-state index in [2.05, 4.69) is 46.1 Å². The second kappa shape index (κ2) is 8.88. The van der Waals surface area contributed by atoms with Crippen LogP contribution in [0.2, 0.25) is 0 Å². The number of rotatable bonds is 6. The van der Waals surface area contributed by atoms with Crippen LogP contribution in [0.3, 0.4) is 0 Å². The van der Waals surface area contributed by atoms with Gasteiger partial charge < -0.3 is 11.1 Å². The molecule has 2 aromatic heterocycles. The van der Waals surface area contributed by atoms with Crippen molar-refractivity contribution in [2.24, 2.45) is 12.8 Å². The number of hydrogen-bond donors (Lipinski definition) is 2. The zero-order valence-electron chi connectivity index (χ0n) is 17.9. The molecule has 2 aromatic carbocycles. The number of benzene rings is 2. The summed E-state index contributed by atoms with van der Waals surface area (Å²) < 4.78 is 1.80. The summed E-state index contributed by atoms with van der Waals surface area (Å²) in [6.45, 7) is 4.37. The van der Waals surface area contributed by atoms with Crippen molar-refractivity contribution < 1.29 is 4.79 Å². The van der Waals surface area contributed by atoms with E-state index >= 15 is 0 Å². The van der Waals surface area contributed by atoms with Crippen LogP contribution in [0.5, 0.6) is 0 Å². The van der Waals surface area contributed by atoms with Gasteiger partial charge in [-0.15, -0.1) is 11.3 Å². The first-order valence-electron chi connectivity index (χ1n) is 10.2. The molecule has 0 aliphatic heterocycles. The smallest absolute Gasteiger partial charge is 0.252 e. The van der Waals surface area contributed by atoms with E-state index < -0.39 is 0 Å². The normalized spacial score (nSPS) is 12.0. The minimum Gasteiger partial charge on any atom is -0.346 e. The van der Waals surface area contributed by atoms with Gasteiger partial charge in [0, 0.05) is 35.8 Å². The Morgan fingerprint density at radius 3 is 2.65 bits per heavy atom. The van der Waals surface area contributed by atoms with Crippen LogP contribution in [-0.4, -0.2) is 15.7 Å². The van der Waals surface area contributed by atoms with Crippen LogP contribution < -0.4 is 11.1 Å². The van der Waals surface area contributed by atoms with Crippen molar-refractivity contribution in [3.05, 3.63) is 88.6 Å². The third-order valence-electron chi connectivity index (χ3n) is 5.43. The molecule has 0 bridgehead atoms. The summed E-state index contributed by atoms with van der Waals surface area (Å²) in [6.07, 6.45) is 3.87. The van der Waals surface area contributed by atoms with E-state index in [1.54, 1.807) is 16.0 Å². The van der Waals surface area contributed by atoms with Crippen molar-refractivity contribution in [2.75, 3.05) is 0 Å². The lowest BCUT2D eigenvalue weighted by molar-refractivity contribution is 0.0939. The van der Waals surface area contributed by atoms with E-state index in [0.29, 0.717) is 12.1 Å². The Morgan fingerprint density at radius 1 is 1.16 bits per heavy atom. The topological polar surface area (TPSA) is 72.9 Å². The van der Waals surface area contributed by atoms with Crippen LogP contribution in [0.1, 0.15) is 40.0 Å². The number of aryl methyl sites for hydroxylation is 2. The Bertz CT molecular complexity index is 1210. The molecule has 0 spiro atoms. The molecule has 0 fully saturated rings. The Labute approximate surface area is 186 Å². The third-order valence-corrected chi connectivity index (χ3v) is 6.35. The van der Waals surface area contributed by atoms with E-state index in [1.165, 1.54) is 4.88 Å². The summed E-state index contributed by atoms with van der Waals surface area (Å²) in [4.78, 5) is 14.2. The molecule has 2 heterocycles. The zero-order valence-corrected chi connectivity index (χ0v) is 18.7. The van der Waals surface area contributed by atoms with Gasteiger partial charge in [0.15, 0.2) is 0 Å². The van der Waals surface area contributed by atoms with Crippen LogP contribution in [-0.2, 0) is 13.6 Å². The Hall–Kier alpha value is -3.22. The first-order chi connectivity index (χ1) is 14.9. The SMILES string of the molecule is Cc1ccc(CN)cc1C(=O)N[C@H](C)c1cc(-c2cnn(C)c2)cc(-c2cccs2)c1. The molecule has 4 rings (SSSR count). The molecule has 0 aliphatic carbocycles. The molecule has 0 saturated carbocycles. The van der Waals surface area contributed by atoms with Crippen molar-refractivity contribution in [1.82, 2.24) is 15.1 Å². The fourth-order valence-electron chi connectivity index (χ4n) is 3.62. The first kappa shape index (κ1) is 21.0. The monoisotopic (exact) mass is 430 g/mol. The maximum Gasteiger partial charge on any atom is 0.252 e. The van der Waals surface area contributed by atoms with Crippen LogP contribution in [0.4, 0.5) is 0 Å². The van der Waals surface area contributed by atoms with Gasteiger partial charge in [-0.2, -0.15) is 5.10 Å². The molecule has 5 nitrogen and oxygen atoms in total. The van der Waals surface area contributed by atoms with Gasteiger partial charge in [-0.3, -0.25) is 9.48 Å². The molecule has 1 amide bonds. The molecular formula is C25H26N4OS. The summed E-state index contributed by atoms with van der Waals surface area (Å²) in [7, 11) is 1.91. The lowest BCUT2D eigenvalue weighted by Gasteiger charge is -2.18. The molecule has 0 saturated heterocycles. The van der Waals surface area contributed by atoms with Crippen molar-refractivity contribution in [3.63, 3.8) is 0 Å². The molecule has 0 radical (unpaired) electrons. The Kier molecular flexibility index (Phi) is 6.02. The molecule has 4 aromatic rings. The van der Waals surface area contributed by atoms with E-state index in [1.807, 2.05) is 51.5 Å². The van der Waals surface area contributed by atoms with Crippen LogP contribution >= 0.6 is 11.3 Å². The minimum atomic E-state index is -0.163. The fourth-order valence-corrected chi connectivity index (χ4v) is 4.34. The van der Waals surface area contributed by atoms with Gasteiger partial charge >= 0.3 is 0 Å². The lowest BCUT2D eigenvalue weighted by Crippen LogP contribution is -2.27. The van der Waals surface area contributed by atoms with E-state index in [-0.39, 0.29) is 11.9 Å². The van der Waals surface area contributed by atoms with Crippen molar-refractivity contribution in [1.29, 1.82) is 0 Å². The van der Waals surface area contributed by atoms with E-state index in [0.717, 1.165) is 33.4 Å². The quantitative estimate of drug-likeness (QED) is 0.448. The van der Waals surface area contributed by atoms with Crippen LogP contribution in [0, 0.1) is 6.92 Å². The molecule has 0 unspecified atom stereocenters. The number of hydrogen-bond acceptors (Lipinski definition) is 4. The summed E-state index contributed by atoms with van der Waals surface area (Å²) in [5.74, 6) is -0.0928. The predicted octanol–water partition coefficient (Wildman–Crippen LogP) is 5.07. The van der Waals surface area contributed by atoms with Gasteiger partial charge in [0.05, 0.1) is 12.2 Å². The summed E-state index contributed by atoms with van der Waals surface area (Å²) >= 11 is 1.70. The zero-order chi connectivity index (χ0) is 22.0. The highest BCUT2D eigenvalue weighted by Gasteiger charge is 2.16. The summed E-state index contributed by atoms with van der Waals surface area (Å²) in [5.41, 5.74) is 12.6. The fraction of sp³-hybridized carbons (Fsp3) is 0.200. The number of carbonyl (C=O) groups excluding carboxylic acids is 1. The number of nitrogens with one attached hydrogen (secondary N) is 1. The summed E-state index contributed by atoms with van der Waals surface area (Å²) in [6, 6.07) is 16.2. The highest BCUT2D eigenvalue weighted by Crippen LogP contribution is 2.32. The van der Waals surface area contributed by atoms with Crippen LogP contribution in [0.25, 0.3) is 21.6 Å². The van der Waals surface area contributed by atoms with Gasteiger partial charge in [0.2, 0.25) is 0 Å². The largest absolute Gasteiger partial charge is 0.346 e. The molecule has 31 heavy (non-hydrogen) atoms. The number of carbonyl (C=O) groups is 1. The average molecular weight is 431 g/mol. The van der Waals surface area contributed by atoms with Gasteiger partial charge in [-0.05, 0) is 77.4 Å². The van der Waals surface area contributed by atoms with Crippen LogP contribution in [0.15, 0.2) is 66.3 Å². The molecule has 0 aliphatic rings. The molecule has 6 heteroatoms. The van der Waals surface area contributed by atoms with Crippen molar-refractivity contribution in [2.45, 2.75) is 26.4 Å². The highest BCUT2D eigenvalue weighted by molar-refractivity contribution is 7.13. The molecular weight excluding hydrogens is 404 g/mol. The first-order valence-corrected chi connectivity index (χ1v) is 11.1. The van der Waals surface area contributed by atoms with E-state index in [4.69, 9.17) is 5.73 Å². The Morgan fingerprint density at radius 2 is 1.97 bits per heavy atom. The predicted molar refractivity (Wildman–Crippen MR) is 127 cm³/mol. The van der Waals surface area contributed by atoms with Gasteiger partial charge in [-0.25, -0.2) is 0 Å². The maximum absolute atomic E-state index is 13.0. The van der Waals surface area contributed by atoms with Gasteiger partial charge in [0.1, 0.15) is 0 Å². The number of nitrogens with zero attached hydrogens (tertiary/aromatic N) is 2. The lowest BCUT2D eigenvalue weighted by atomic mass is 9.97. The minimum absolute atomic E-state index is 0.0928. The Balaban J connectivity index is 1.68. The number of thiophene rings is 1. The molecule has 3 N–H and O–H groups in total. The van der Waals surface area contributed by atoms with Gasteiger partial charge in [-0.1, -0.05) is 18.2 Å². The maximum atomic E-state index is 13.0. The van der Waals surface area contributed by atoms with Crippen molar-refractivity contribution >= 4 is 17.2 Å². The second-order valence-electron chi connectivity index (χ2n) is 7.77. The second-order valence-corrected chi connectivity index (χ2v) is 8.72. The third kappa shape index (κ3) is 4.60. The number of amides is 1. The van der Waals surface area contributed by atoms with Gasteiger partial charge in [0.25, 0.3) is 5.91 Å².